The van der Waals surface area contributed by atoms with Crippen molar-refractivity contribution >= 4 is 29.7 Å². The molecule has 0 fully saturated rings. The van der Waals surface area contributed by atoms with E-state index in [1.807, 2.05) is 25.8 Å². The molecule has 11 nitrogen and oxygen atoms in total. The number of hydrogen-bond acceptors (Lipinski definition) is 6. The molecule has 0 aliphatic rings. The molecule has 0 rings (SSSR count). The molecule has 2 atom stereocenters. The van der Waals surface area contributed by atoms with Crippen LogP contribution < -0.4 is 10.6 Å². The topological polar surface area (TPSA) is 156 Å². The number of carboxylic acids is 2. The van der Waals surface area contributed by atoms with Gasteiger partial charge in [-0.3, -0.25) is 24.1 Å². The third-order valence-electron chi connectivity index (χ3n) is 5.29. The Hall–Kier alpha value is -2.69. The Labute approximate surface area is 195 Å². The first-order chi connectivity index (χ1) is 15.6. The van der Waals surface area contributed by atoms with E-state index in [1.54, 1.807) is 6.92 Å². The van der Waals surface area contributed by atoms with E-state index in [4.69, 9.17) is 10.2 Å². The second-order valence-corrected chi connectivity index (χ2v) is 7.94. The summed E-state index contributed by atoms with van der Waals surface area (Å²) in [4.78, 5) is 61.9. The third kappa shape index (κ3) is 12.8. The normalized spacial score (nSPS) is 12.6. The van der Waals surface area contributed by atoms with Crippen molar-refractivity contribution in [2.45, 2.75) is 77.8 Å². The largest absolute Gasteiger partial charge is 0.480 e. The summed E-state index contributed by atoms with van der Waals surface area (Å²) < 4.78 is 0. The van der Waals surface area contributed by atoms with E-state index in [2.05, 4.69) is 10.6 Å². The Kier molecular flexibility index (Phi) is 15.5. The van der Waals surface area contributed by atoms with Gasteiger partial charge in [0.25, 0.3) is 0 Å². The molecule has 33 heavy (non-hydrogen) atoms. The number of likely N-dealkylation sites (N-methyl/N-ethyl adjacent to an activating group) is 1. The maximum atomic E-state index is 12.9. The molecule has 0 saturated carbocycles. The molecule has 0 heterocycles. The number of amides is 3. The van der Waals surface area contributed by atoms with Crippen LogP contribution in [0.3, 0.4) is 0 Å². The number of aliphatic carboxylic acids is 2. The quantitative estimate of drug-likeness (QED) is 0.212. The number of carbonyl (C=O) groups is 5. The molecule has 0 aromatic rings. The first kappa shape index (κ1) is 30.3. The minimum absolute atomic E-state index is 0.00161. The van der Waals surface area contributed by atoms with Crippen molar-refractivity contribution in [1.82, 2.24) is 20.4 Å². The summed E-state index contributed by atoms with van der Waals surface area (Å²) in [6.07, 6.45) is 2.61. The fourth-order valence-electron chi connectivity index (χ4n) is 3.27. The zero-order valence-electron chi connectivity index (χ0n) is 20.3. The van der Waals surface area contributed by atoms with Gasteiger partial charge in [-0.15, -0.1) is 0 Å². The van der Waals surface area contributed by atoms with Crippen LogP contribution >= 0.6 is 0 Å². The van der Waals surface area contributed by atoms with E-state index >= 15 is 0 Å². The summed E-state index contributed by atoms with van der Waals surface area (Å²) in [5.74, 6) is -3.12. The van der Waals surface area contributed by atoms with Gasteiger partial charge in [-0.25, -0.2) is 4.79 Å². The van der Waals surface area contributed by atoms with Gasteiger partial charge in [-0.2, -0.15) is 0 Å². The molecule has 0 spiro atoms. The molecule has 0 saturated heterocycles. The highest BCUT2D eigenvalue weighted by molar-refractivity contribution is 5.85. The van der Waals surface area contributed by atoms with E-state index in [-0.39, 0.29) is 43.5 Å². The lowest BCUT2D eigenvalue weighted by atomic mass is 10.1. The second kappa shape index (κ2) is 16.9. The molecule has 0 aromatic heterocycles. The van der Waals surface area contributed by atoms with Crippen LogP contribution in [0.2, 0.25) is 0 Å². The molecule has 11 heteroatoms. The van der Waals surface area contributed by atoms with E-state index < -0.39 is 24.0 Å². The highest BCUT2D eigenvalue weighted by atomic mass is 16.4. The highest BCUT2D eigenvalue weighted by Gasteiger charge is 2.27. The zero-order chi connectivity index (χ0) is 25.4. The first-order valence-electron chi connectivity index (χ1n) is 11.6. The number of nitrogens with zero attached hydrogens (tertiary/aromatic N) is 2. The first-order valence-corrected chi connectivity index (χ1v) is 11.6. The molecule has 4 N–H and O–H groups in total. The molecule has 0 aromatic carbocycles. The Morgan fingerprint density at radius 3 is 2.12 bits per heavy atom. The van der Waals surface area contributed by atoms with Crippen LogP contribution in [0, 0.1) is 0 Å². The number of rotatable bonds is 18. The molecular weight excluding hydrogens is 432 g/mol. The Morgan fingerprint density at radius 1 is 0.939 bits per heavy atom. The lowest BCUT2D eigenvalue weighted by Crippen LogP contribution is -2.49. The van der Waals surface area contributed by atoms with Crippen LogP contribution in [0.5, 0.6) is 0 Å². The Bertz CT molecular complexity index is 657. The van der Waals surface area contributed by atoms with Gasteiger partial charge in [0.2, 0.25) is 17.7 Å². The van der Waals surface area contributed by atoms with E-state index in [0.29, 0.717) is 45.3 Å². The molecule has 190 valence electrons. The summed E-state index contributed by atoms with van der Waals surface area (Å²) in [6.45, 7) is 6.50. The van der Waals surface area contributed by atoms with Crippen molar-refractivity contribution < 1.29 is 34.2 Å². The minimum Gasteiger partial charge on any atom is -0.480 e. The molecule has 0 bridgehead atoms. The lowest BCUT2D eigenvalue weighted by Gasteiger charge is -2.31. The Balaban J connectivity index is 4.56. The fraction of sp³-hybridized carbons (Fsp3) is 0.773. The number of carbonyl (C=O) groups excluding carboxylic acids is 3. The lowest BCUT2D eigenvalue weighted by molar-refractivity contribution is -0.147. The van der Waals surface area contributed by atoms with Crippen molar-refractivity contribution in [1.29, 1.82) is 0 Å². The van der Waals surface area contributed by atoms with Gasteiger partial charge in [-0.05, 0) is 45.7 Å². The number of hydrogen-bond donors (Lipinski definition) is 4. The van der Waals surface area contributed by atoms with Crippen molar-refractivity contribution in [3.8, 4) is 0 Å². The number of carboxylic acid groups (broad SMARTS) is 2. The number of unbranched alkanes of at least 4 members (excludes halogenated alkanes) is 1. The predicted octanol–water partition coefficient (Wildman–Crippen LogP) is 0.676. The van der Waals surface area contributed by atoms with Crippen LogP contribution in [0.1, 0.15) is 65.7 Å². The van der Waals surface area contributed by atoms with Crippen molar-refractivity contribution in [3.05, 3.63) is 0 Å². The van der Waals surface area contributed by atoms with Gasteiger partial charge in [-0.1, -0.05) is 20.8 Å². The van der Waals surface area contributed by atoms with Crippen molar-refractivity contribution in [2.75, 3.05) is 33.2 Å². The summed E-state index contributed by atoms with van der Waals surface area (Å²) in [6, 6.07) is -1.54. The van der Waals surface area contributed by atoms with E-state index in [0.717, 1.165) is 0 Å². The standard InChI is InChI=1S/C22H40N4O7/c1-5-14-26(15-20(29)30)21(31)17(25(4)7-3)10-8-9-13-23-19(28)12-11-16(22(32)33)24-18(27)6-2/h16-17H,5-15H2,1-4H3,(H,23,28)(H,24,27)(H,29,30)(H,32,33). The van der Waals surface area contributed by atoms with Gasteiger partial charge in [0.05, 0.1) is 6.04 Å². The van der Waals surface area contributed by atoms with Gasteiger partial charge in [0.1, 0.15) is 12.6 Å². The minimum atomic E-state index is -1.18. The number of nitrogens with one attached hydrogen (secondary N) is 2. The van der Waals surface area contributed by atoms with E-state index in [1.165, 1.54) is 4.90 Å². The van der Waals surface area contributed by atoms with Crippen LogP contribution in [0.25, 0.3) is 0 Å². The summed E-state index contributed by atoms with van der Waals surface area (Å²) in [5.41, 5.74) is 0. The van der Waals surface area contributed by atoms with Crippen LogP contribution in [-0.4, -0.2) is 95.0 Å². The second-order valence-electron chi connectivity index (χ2n) is 7.94. The smallest absolute Gasteiger partial charge is 0.326 e. The Morgan fingerprint density at radius 2 is 1.61 bits per heavy atom. The summed E-state index contributed by atoms with van der Waals surface area (Å²) in [7, 11) is 1.82. The average Bonchev–Trinajstić information content (AvgIpc) is 2.76. The summed E-state index contributed by atoms with van der Waals surface area (Å²) in [5, 5.41) is 23.3. The SMILES string of the molecule is CCCN(CC(=O)O)C(=O)C(CCCCNC(=O)CCC(NC(=O)CC)C(=O)O)N(C)CC. The van der Waals surface area contributed by atoms with Gasteiger partial charge >= 0.3 is 11.9 Å². The van der Waals surface area contributed by atoms with E-state index in [9.17, 15) is 24.0 Å². The predicted molar refractivity (Wildman–Crippen MR) is 123 cm³/mol. The highest BCUT2D eigenvalue weighted by Crippen LogP contribution is 2.12. The molecular formula is C22H40N4O7. The van der Waals surface area contributed by atoms with Crippen LogP contribution in [0.4, 0.5) is 0 Å². The van der Waals surface area contributed by atoms with Crippen LogP contribution in [-0.2, 0) is 24.0 Å². The van der Waals surface area contributed by atoms with Crippen molar-refractivity contribution in [2.24, 2.45) is 0 Å². The maximum Gasteiger partial charge on any atom is 0.326 e. The van der Waals surface area contributed by atoms with Gasteiger partial charge in [0.15, 0.2) is 0 Å². The molecule has 2 unspecified atom stereocenters. The fourth-order valence-corrected chi connectivity index (χ4v) is 3.27. The molecule has 0 aliphatic carbocycles. The van der Waals surface area contributed by atoms with Gasteiger partial charge < -0.3 is 25.7 Å². The summed E-state index contributed by atoms with van der Waals surface area (Å²) >= 11 is 0. The monoisotopic (exact) mass is 472 g/mol. The molecule has 3 amide bonds. The average molecular weight is 473 g/mol. The molecule has 0 aliphatic heterocycles. The van der Waals surface area contributed by atoms with Crippen LogP contribution in [0.15, 0.2) is 0 Å². The molecule has 0 radical (unpaired) electrons. The zero-order valence-corrected chi connectivity index (χ0v) is 20.3. The van der Waals surface area contributed by atoms with Crippen molar-refractivity contribution in [3.63, 3.8) is 0 Å². The third-order valence-corrected chi connectivity index (χ3v) is 5.29. The van der Waals surface area contributed by atoms with Gasteiger partial charge in [0, 0.05) is 25.9 Å². The maximum absolute atomic E-state index is 12.9.